The summed E-state index contributed by atoms with van der Waals surface area (Å²) in [5.41, 5.74) is 15.8. The Kier molecular flexibility index (Phi) is 13.8. The number of aryl methyl sites for hydroxylation is 2. The van der Waals surface area contributed by atoms with Gasteiger partial charge >= 0.3 is 17.1 Å². The minimum atomic E-state index is 0. The first-order valence-electron chi connectivity index (χ1n) is 25.5. The van der Waals surface area contributed by atoms with Crippen molar-refractivity contribution in [1.29, 1.82) is 0 Å². The second kappa shape index (κ2) is 21.5. The summed E-state index contributed by atoms with van der Waals surface area (Å²) < 4.78 is 11.4. The second-order valence-electron chi connectivity index (χ2n) is 18.9. The molecule has 395 valence electrons. The maximum absolute atomic E-state index is 6.00. The maximum Gasteiger partial charge on any atom is 1.00 e. The van der Waals surface area contributed by atoms with Gasteiger partial charge in [-0.2, -0.15) is 0 Å². The molecule has 16 heteroatoms. The van der Waals surface area contributed by atoms with E-state index in [9.17, 15) is 0 Å². The van der Waals surface area contributed by atoms with Crippen LogP contribution in [0.15, 0.2) is 230 Å². The third kappa shape index (κ3) is 9.14. The third-order valence-corrected chi connectivity index (χ3v) is 15.1. The predicted molar refractivity (Wildman–Crippen MR) is 313 cm³/mol. The summed E-state index contributed by atoms with van der Waals surface area (Å²) in [7, 11) is 6.20. The van der Waals surface area contributed by atoms with Gasteiger partial charge in [0.15, 0.2) is 22.2 Å². The Hall–Kier alpha value is -9.27. The molecule has 15 rings (SSSR count). The zero-order chi connectivity index (χ0) is 52.3. The van der Waals surface area contributed by atoms with E-state index in [1.54, 1.807) is 30.0 Å². The van der Waals surface area contributed by atoms with Crippen molar-refractivity contribution < 1.29 is 43.1 Å². The van der Waals surface area contributed by atoms with Gasteiger partial charge in [-0.25, -0.2) is 24.9 Å². The van der Waals surface area contributed by atoms with E-state index in [-0.39, 0.29) is 34.1 Å². The van der Waals surface area contributed by atoms with Gasteiger partial charge in [-0.3, -0.25) is 19.8 Å². The summed E-state index contributed by atoms with van der Waals surface area (Å²) in [5.74, 6) is 2.36. The summed E-state index contributed by atoms with van der Waals surface area (Å²) in [4.78, 5) is 41.0. The first kappa shape index (κ1) is 51.5. The summed E-state index contributed by atoms with van der Waals surface area (Å²) in [5, 5.41) is 3.13. The van der Waals surface area contributed by atoms with Crippen LogP contribution < -0.4 is 19.3 Å². The number of fused-ring (bicyclic) bond motifs is 6. The first-order valence-corrected chi connectivity index (χ1v) is 26.3. The number of rotatable bonds is 8. The minimum absolute atomic E-state index is 0. The van der Waals surface area contributed by atoms with Gasteiger partial charge in [0.25, 0.3) is 0 Å². The molecule has 10 aromatic heterocycles. The Morgan fingerprint density at radius 2 is 1.29 bits per heavy atom. The molecule has 1 aliphatic heterocycles. The molecule has 0 N–H and O–H groups in total. The molecule has 0 saturated carbocycles. The van der Waals surface area contributed by atoms with Gasteiger partial charge in [0.1, 0.15) is 23.4 Å². The molecule has 4 aromatic carbocycles. The molecule has 1 aliphatic rings. The normalized spacial score (nSPS) is 11.7. The van der Waals surface area contributed by atoms with Crippen molar-refractivity contribution >= 4 is 99.9 Å². The summed E-state index contributed by atoms with van der Waals surface area (Å²) >= 11 is 1.64. The quantitative estimate of drug-likeness (QED) is 0.0821. The second-order valence-corrected chi connectivity index (χ2v) is 19.9. The molecular formula is C64H46Cu2N12OS+. The zero-order valence-electron chi connectivity index (χ0n) is 43.1. The van der Waals surface area contributed by atoms with Crippen LogP contribution in [0.1, 0.15) is 0 Å². The average molecular weight is 1160 g/mol. The van der Waals surface area contributed by atoms with Gasteiger partial charge in [-0.05, 0) is 91.0 Å². The minimum Gasteiger partial charge on any atom is -0.462 e. The average Bonchev–Trinajstić information content (AvgIpc) is 4.32. The number of furan rings is 1. The van der Waals surface area contributed by atoms with Crippen molar-refractivity contribution in [1.82, 2.24) is 39.5 Å². The molecule has 80 heavy (non-hydrogen) atoms. The number of aromatic nitrogens is 9. The molecule has 11 heterocycles. The maximum atomic E-state index is 6.00. The van der Waals surface area contributed by atoms with E-state index in [0.29, 0.717) is 5.58 Å². The molecule has 0 atom stereocenters. The van der Waals surface area contributed by atoms with Gasteiger partial charge in [0.05, 0.1) is 75.2 Å². The third-order valence-electron chi connectivity index (χ3n) is 14.1. The van der Waals surface area contributed by atoms with Gasteiger partial charge in [0.2, 0.25) is 0 Å². The van der Waals surface area contributed by atoms with Crippen LogP contribution in [0.3, 0.4) is 0 Å². The van der Waals surface area contributed by atoms with Crippen LogP contribution in [0.4, 0.5) is 45.3 Å². The molecule has 14 aromatic rings. The Balaban J connectivity index is 0.000000156. The Morgan fingerprint density at radius 3 is 2.11 bits per heavy atom. The van der Waals surface area contributed by atoms with Crippen LogP contribution in [0, 0.1) is 0 Å². The predicted octanol–water partition coefficient (Wildman–Crippen LogP) is 15.0. The molecule has 0 aliphatic carbocycles. The monoisotopic (exact) mass is 1160 g/mol. The molecule has 0 saturated heterocycles. The van der Waals surface area contributed by atoms with Crippen molar-refractivity contribution in [3.63, 3.8) is 0 Å². The molecule has 0 unspecified atom stereocenters. The Labute approximate surface area is 485 Å². The van der Waals surface area contributed by atoms with Crippen molar-refractivity contribution in [3.05, 3.63) is 225 Å². The molecule has 0 bridgehead atoms. The number of hydrogen-bond acceptors (Lipinski definition) is 12. The smallest absolute Gasteiger partial charge is 0.462 e. The molecule has 1 radical (unpaired) electrons. The Bertz CT molecular complexity index is 4550. The van der Waals surface area contributed by atoms with Gasteiger partial charge in [-0.1, -0.05) is 113 Å². The largest absolute Gasteiger partial charge is 1.00 e. The van der Waals surface area contributed by atoms with E-state index in [0.717, 1.165) is 123 Å². The van der Waals surface area contributed by atoms with E-state index in [1.807, 2.05) is 97.1 Å². The van der Waals surface area contributed by atoms with Crippen molar-refractivity contribution in [2.24, 2.45) is 14.1 Å². The molecule has 13 nitrogen and oxygen atoms in total. The van der Waals surface area contributed by atoms with Gasteiger partial charge in [-0.15, -0.1) is 6.07 Å². The number of benzene rings is 4. The number of anilines is 8. The van der Waals surface area contributed by atoms with Crippen LogP contribution in [-0.4, -0.2) is 46.5 Å². The van der Waals surface area contributed by atoms with Crippen LogP contribution in [0.2, 0.25) is 0 Å². The van der Waals surface area contributed by atoms with E-state index < -0.39 is 0 Å². The van der Waals surface area contributed by atoms with Crippen LogP contribution in [0.25, 0.3) is 88.4 Å². The van der Waals surface area contributed by atoms with E-state index in [4.69, 9.17) is 29.3 Å². The zero-order valence-corrected chi connectivity index (χ0v) is 45.8. The number of hydrogen-bond donors (Lipinski definition) is 0. The van der Waals surface area contributed by atoms with Crippen LogP contribution in [0.5, 0.6) is 0 Å². The molecule has 0 spiro atoms. The molecule has 0 fully saturated rings. The fourth-order valence-corrected chi connectivity index (χ4v) is 11.5. The van der Waals surface area contributed by atoms with E-state index >= 15 is 0 Å². The van der Waals surface area contributed by atoms with E-state index in [2.05, 4.69) is 164 Å². The summed E-state index contributed by atoms with van der Waals surface area (Å²) in [6.07, 6.45) is 9.54. The van der Waals surface area contributed by atoms with Crippen molar-refractivity contribution in [2.45, 2.75) is 0 Å². The van der Waals surface area contributed by atoms with Gasteiger partial charge < -0.3 is 18.5 Å². The number of nitrogens with zero attached hydrogens (tertiary/aromatic N) is 12. The number of thiazole rings is 1. The van der Waals surface area contributed by atoms with E-state index in [1.165, 1.54) is 5.39 Å². The summed E-state index contributed by atoms with van der Waals surface area (Å²) in [6.45, 7) is 0. The van der Waals surface area contributed by atoms with Gasteiger partial charge in [0, 0.05) is 77.3 Å². The standard InChI is InChI=1S/C32H25N7O.C32H21N5S.2Cu/c1-36-16-14-20-21(18-37(2)32(20)36)24-10-8-13-29(34-24)39-26-12-5-4-11-25(26)38(3)27-17-28-30(35-31(27)39)22(19-40-28)23-9-6-7-15-33-23;1-2-11-23(12-3-1)37(30-18-9-16-28(35-30)27-15-6-7-21-33-27)32-36-31-24(13-8-17-29(31)38-32)26-20-19-22-10-4-5-14-25(22)34-26;;/h4-19H,1-3H3;1-21H;;/q;;;+1. The molecular weight excluding hydrogens is 1110 g/mol. The SMILES string of the molecule is CN1c2ccccc2N(c2cccc(-c3cn(C)c4c3[cH-]c[n+]4C)n2)c2nc3c(-c4ccccn4)coc3cc21.[Cu+].[Cu].c1ccc(N(c2cccc(-c3ccccn3)n2)c2nc3c(-c4ccc5ccccc5n4)cccc3s2)cc1. The fraction of sp³-hybridized carbons (Fsp3) is 0.0469. The topological polar surface area (TPSA) is 122 Å². The number of pyridine rings is 6. The summed E-state index contributed by atoms with van der Waals surface area (Å²) in [6, 6.07) is 65.3. The molecule has 0 amide bonds. The first-order chi connectivity index (χ1) is 38.4. The Morgan fingerprint density at radius 1 is 0.575 bits per heavy atom. The van der Waals surface area contributed by atoms with Crippen molar-refractivity contribution in [2.75, 3.05) is 21.7 Å². The van der Waals surface area contributed by atoms with Crippen LogP contribution in [-0.2, 0) is 48.2 Å². The number of para-hydroxylation sites is 5. The fourth-order valence-electron chi connectivity index (χ4n) is 10.4. The van der Waals surface area contributed by atoms with Crippen LogP contribution >= 0.6 is 11.3 Å². The van der Waals surface area contributed by atoms with Crippen molar-refractivity contribution in [3.8, 4) is 45.2 Å².